The Morgan fingerprint density at radius 2 is 0.759 bits per heavy atom. The van der Waals surface area contributed by atoms with Crippen molar-refractivity contribution in [1.82, 2.24) is 0 Å². The summed E-state index contributed by atoms with van der Waals surface area (Å²) < 4.78 is 16.4. The maximum Gasteiger partial charge on any atom is 0.339 e. The number of carboxylic acids is 2. The van der Waals surface area contributed by atoms with Gasteiger partial charge in [0, 0.05) is 16.2 Å². The molecule has 0 amide bonds. The van der Waals surface area contributed by atoms with Gasteiger partial charge in [-0.15, -0.1) is 0 Å². The van der Waals surface area contributed by atoms with Gasteiger partial charge in [-0.1, -0.05) is 102 Å². The van der Waals surface area contributed by atoms with Crippen molar-refractivity contribution < 1.29 is 44.2 Å². The van der Waals surface area contributed by atoms with E-state index in [9.17, 15) is 24.9 Å². The fourth-order valence-corrected chi connectivity index (χ4v) is 6.73. The molecule has 0 atom stereocenters. The van der Waals surface area contributed by atoms with Crippen molar-refractivity contribution in [2.24, 2.45) is 0 Å². The Labute approximate surface area is 339 Å². The van der Waals surface area contributed by atoms with Crippen LogP contribution in [0.2, 0.25) is 0 Å². The van der Waals surface area contributed by atoms with Crippen molar-refractivity contribution >= 4 is 11.9 Å². The number of carboxylic acid groups (broad SMARTS) is 2. The van der Waals surface area contributed by atoms with Crippen molar-refractivity contribution in [2.75, 3.05) is 14.2 Å². The average molecular weight is 783 g/mol. The Morgan fingerprint density at radius 1 is 0.431 bits per heavy atom. The van der Waals surface area contributed by atoms with Crippen LogP contribution in [0.15, 0.2) is 133 Å². The topological polar surface area (TPSA) is 143 Å². The van der Waals surface area contributed by atoms with E-state index in [1.165, 1.54) is 12.1 Å². The molecule has 0 fully saturated rings. The van der Waals surface area contributed by atoms with E-state index in [1.807, 2.05) is 105 Å². The molecule has 0 aromatic heterocycles. The first-order chi connectivity index (χ1) is 27.4. The third-order valence-electron chi connectivity index (χ3n) is 10.9. The molecule has 9 heteroatoms. The minimum absolute atomic E-state index is 0.0888. The normalized spacial score (nSPS) is 11.5. The SMILES string of the molecule is COc1ccc(C(C)(C)c2ccc(O)c(C(=O)O)c2)cc1.COc1ccc(C(C)(C)c2ccc(Oc3ccc(C(C)(C)c4ccc(O)cc4)cc3)c(C(=O)O)c2)cc1. The maximum absolute atomic E-state index is 12.2. The number of hydrogen-bond acceptors (Lipinski definition) is 7. The van der Waals surface area contributed by atoms with Crippen molar-refractivity contribution in [3.63, 3.8) is 0 Å². The van der Waals surface area contributed by atoms with Crippen LogP contribution in [0.25, 0.3) is 0 Å². The zero-order chi connectivity index (χ0) is 42.4. The molecule has 300 valence electrons. The second kappa shape index (κ2) is 17.2. The smallest absolute Gasteiger partial charge is 0.339 e. The van der Waals surface area contributed by atoms with Crippen molar-refractivity contribution in [2.45, 2.75) is 57.8 Å². The van der Waals surface area contributed by atoms with Crippen LogP contribution in [-0.2, 0) is 16.2 Å². The Morgan fingerprint density at radius 3 is 1.16 bits per heavy atom. The van der Waals surface area contributed by atoms with Crippen LogP contribution >= 0.6 is 0 Å². The van der Waals surface area contributed by atoms with E-state index >= 15 is 0 Å². The number of methoxy groups -OCH3 is 2. The second-order valence-corrected chi connectivity index (χ2v) is 15.6. The van der Waals surface area contributed by atoms with Gasteiger partial charge in [0.25, 0.3) is 0 Å². The summed E-state index contributed by atoms with van der Waals surface area (Å²) in [5, 5.41) is 38.3. The standard InChI is InChI=1S/C32H32O5.C17H18O4/c1-31(2,21-6-13-25(33)14-7-21)22-10-17-27(18-11-22)37-29-19-12-24(20-28(29)30(34)35)32(3,4)23-8-15-26(36-5)16-9-23;1-17(2,11-4-7-13(21-3)8-5-11)12-6-9-15(18)14(10-12)16(19)20/h6-20,33H,1-5H3,(H,34,35);4-10,18H,1-3H3,(H,19,20). The first-order valence-electron chi connectivity index (χ1n) is 18.7. The highest BCUT2D eigenvalue weighted by Gasteiger charge is 2.28. The Kier molecular flexibility index (Phi) is 12.6. The van der Waals surface area contributed by atoms with Crippen LogP contribution < -0.4 is 14.2 Å². The van der Waals surface area contributed by atoms with Crippen LogP contribution in [0.4, 0.5) is 0 Å². The van der Waals surface area contributed by atoms with E-state index in [2.05, 4.69) is 27.7 Å². The van der Waals surface area contributed by atoms with Crippen LogP contribution in [0.3, 0.4) is 0 Å². The van der Waals surface area contributed by atoms with Crippen molar-refractivity contribution in [3.05, 3.63) is 178 Å². The molecule has 0 radical (unpaired) electrons. The molecular formula is C49H50O9. The molecule has 6 aromatic carbocycles. The lowest BCUT2D eigenvalue weighted by atomic mass is 9.77. The predicted octanol–water partition coefficient (Wildman–Crippen LogP) is 11.0. The summed E-state index contributed by atoms with van der Waals surface area (Å²) in [4.78, 5) is 23.3. The van der Waals surface area contributed by atoms with Gasteiger partial charge in [0.05, 0.1) is 14.2 Å². The van der Waals surface area contributed by atoms with Gasteiger partial charge in [0.15, 0.2) is 0 Å². The summed E-state index contributed by atoms with van der Waals surface area (Å²) in [6.45, 7) is 12.4. The second-order valence-electron chi connectivity index (χ2n) is 15.6. The van der Waals surface area contributed by atoms with Crippen LogP contribution in [0, 0.1) is 0 Å². The first-order valence-corrected chi connectivity index (χ1v) is 18.7. The summed E-state index contributed by atoms with van der Waals surface area (Å²) >= 11 is 0. The van der Waals surface area contributed by atoms with E-state index in [4.69, 9.17) is 19.3 Å². The van der Waals surface area contributed by atoms with Gasteiger partial charge in [-0.25, -0.2) is 9.59 Å². The van der Waals surface area contributed by atoms with E-state index in [0.29, 0.717) is 5.75 Å². The molecule has 6 aromatic rings. The maximum atomic E-state index is 12.2. The molecule has 0 aliphatic heterocycles. The predicted molar refractivity (Wildman–Crippen MR) is 225 cm³/mol. The molecule has 0 saturated heterocycles. The number of rotatable bonds is 12. The first kappa shape index (κ1) is 42.4. The zero-order valence-corrected chi connectivity index (χ0v) is 34.0. The van der Waals surface area contributed by atoms with Crippen molar-refractivity contribution in [1.29, 1.82) is 0 Å². The molecular weight excluding hydrogens is 733 g/mol. The van der Waals surface area contributed by atoms with Gasteiger partial charge < -0.3 is 34.6 Å². The number of aromatic carboxylic acids is 2. The van der Waals surface area contributed by atoms with E-state index in [1.54, 1.807) is 44.6 Å². The molecule has 0 aliphatic carbocycles. The highest BCUT2D eigenvalue weighted by Crippen LogP contribution is 2.38. The fourth-order valence-electron chi connectivity index (χ4n) is 6.73. The molecule has 0 aliphatic rings. The van der Waals surface area contributed by atoms with Crippen LogP contribution in [0.1, 0.15) is 95.6 Å². The largest absolute Gasteiger partial charge is 0.508 e. The molecule has 9 nitrogen and oxygen atoms in total. The summed E-state index contributed by atoms with van der Waals surface area (Å²) in [5.74, 6) is 0.195. The van der Waals surface area contributed by atoms with Gasteiger partial charge in [0.2, 0.25) is 0 Å². The van der Waals surface area contributed by atoms with Gasteiger partial charge in [0.1, 0.15) is 45.6 Å². The molecule has 0 saturated carbocycles. The Hall–Kier alpha value is -6.74. The van der Waals surface area contributed by atoms with Crippen LogP contribution in [-0.4, -0.2) is 46.6 Å². The zero-order valence-electron chi connectivity index (χ0n) is 34.0. The molecule has 0 bridgehead atoms. The summed E-state index contributed by atoms with van der Waals surface area (Å²) in [7, 11) is 3.24. The number of benzene rings is 6. The number of hydrogen-bond donors (Lipinski definition) is 4. The van der Waals surface area contributed by atoms with Crippen LogP contribution in [0.5, 0.6) is 34.5 Å². The molecule has 0 unspecified atom stereocenters. The molecule has 4 N–H and O–H groups in total. The third-order valence-corrected chi connectivity index (χ3v) is 10.9. The lowest BCUT2D eigenvalue weighted by Crippen LogP contribution is -2.19. The summed E-state index contributed by atoms with van der Waals surface area (Å²) in [6, 6.07) is 40.3. The van der Waals surface area contributed by atoms with Gasteiger partial charge >= 0.3 is 11.9 Å². The summed E-state index contributed by atoms with van der Waals surface area (Å²) in [5.41, 5.74) is 4.84. The number of aromatic hydroxyl groups is 2. The Balaban J connectivity index is 0.000000258. The van der Waals surface area contributed by atoms with Crippen molar-refractivity contribution in [3.8, 4) is 34.5 Å². The highest BCUT2D eigenvalue weighted by atomic mass is 16.5. The van der Waals surface area contributed by atoms with Gasteiger partial charge in [-0.2, -0.15) is 0 Å². The van der Waals surface area contributed by atoms with E-state index in [0.717, 1.165) is 44.9 Å². The lowest BCUT2D eigenvalue weighted by Gasteiger charge is -2.27. The number of ether oxygens (including phenoxy) is 3. The third kappa shape index (κ3) is 9.27. The van der Waals surface area contributed by atoms with Gasteiger partial charge in [-0.05, 0) is 106 Å². The minimum Gasteiger partial charge on any atom is -0.508 e. The quantitative estimate of drug-likeness (QED) is 0.0954. The number of phenolic OH excluding ortho intramolecular Hbond substituents is 1. The number of carbonyl (C=O) groups is 2. The average Bonchev–Trinajstić information content (AvgIpc) is 3.21. The van der Waals surface area contributed by atoms with E-state index < -0.39 is 17.4 Å². The summed E-state index contributed by atoms with van der Waals surface area (Å²) in [6.07, 6.45) is 0. The number of phenols is 2. The monoisotopic (exact) mass is 782 g/mol. The molecule has 0 spiro atoms. The Bertz CT molecular complexity index is 2360. The van der Waals surface area contributed by atoms with E-state index in [-0.39, 0.29) is 39.2 Å². The highest BCUT2D eigenvalue weighted by molar-refractivity contribution is 5.92. The minimum atomic E-state index is -1.14. The molecule has 0 heterocycles. The molecule has 6 rings (SSSR count). The lowest BCUT2D eigenvalue weighted by molar-refractivity contribution is 0.0682. The fraction of sp³-hybridized carbons (Fsp3) is 0.224. The molecule has 58 heavy (non-hydrogen) atoms. The van der Waals surface area contributed by atoms with Gasteiger partial charge in [-0.3, -0.25) is 0 Å².